The molecule has 0 unspecified atom stereocenters. The molecule has 2 aromatic rings. The molecule has 0 saturated heterocycles. The highest BCUT2D eigenvalue weighted by Gasteiger charge is 2.41. The number of aliphatic hydroxyl groups is 1. The lowest BCUT2D eigenvalue weighted by atomic mass is 9.97. The van der Waals surface area contributed by atoms with Crippen LogP contribution < -0.4 is 5.69 Å². The summed E-state index contributed by atoms with van der Waals surface area (Å²) >= 11 is 0. The number of aliphatic hydroxyl groups excluding tert-OH is 1. The molecule has 0 aliphatic heterocycles. The maximum absolute atomic E-state index is 11.1. The Kier molecular flexibility index (Phi) is 1.94. The molecule has 0 radical (unpaired) electrons. The molecule has 0 amide bonds. The van der Waals surface area contributed by atoms with Crippen molar-refractivity contribution in [2.75, 3.05) is 6.61 Å². The SMILES string of the molecule is O=c1[nH]c2ccc(CC3(CO)CC3)cc2[nH]1. The molecule has 4 nitrogen and oxygen atoms in total. The molecular formula is C12H14N2O2. The Balaban J connectivity index is 1.95. The highest BCUT2D eigenvalue weighted by molar-refractivity contribution is 5.75. The van der Waals surface area contributed by atoms with Gasteiger partial charge in [0.25, 0.3) is 0 Å². The first-order valence-corrected chi connectivity index (χ1v) is 5.53. The summed E-state index contributed by atoms with van der Waals surface area (Å²) in [5, 5.41) is 9.27. The first-order chi connectivity index (χ1) is 7.71. The van der Waals surface area contributed by atoms with E-state index in [9.17, 15) is 9.90 Å². The summed E-state index contributed by atoms with van der Waals surface area (Å²) in [5.41, 5.74) is 2.80. The second-order valence-electron chi connectivity index (χ2n) is 4.79. The fraction of sp³-hybridized carbons (Fsp3) is 0.417. The second-order valence-corrected chi connectivity index (χ2v) is 4.79. The Morgan fingerprint density at radius 3 is 2.69 bits per heavy atom. The van der Waals surface area contributed by atoms with E-state index in [4.69, 9.17) is 0 Å². The number of fused-ring (bicyclic) bond motifs is 1. The minimum Gasteiger partial charge on any atom is -0.396 e. The number of hydrogen-bond acceptors (Lipinski definition) is 2. The van der Waals surface area contributed by atoms with E-state index in [1.54, 1.807) is 0 Å². The third kappa shape index (κ3) is 1.55. The third-order valence-corrected chi connectivity index (χ3v) is 3.45. The van der Waals surface area contributed by atoms with Crippen LogP contribution in [0, 0.1) is 5.41 Å². The van der Waals surface area contributed by atoms with Crippen molar-refractivity contribution < 1.29 is 5.11 Å². The highest BCUT2D eigenvalue weighted by Crippen LogP contribution is 2.47. The van der Waals surface area contributed by atoms with E-state index in [1.807, 2.05) is 18.2 Å². The van der Waals surface area contributed by atoms with Crippen molar-refractivity contribution in [3.05, 3.63) is 34.2 Å². The maximum Gasteiger partial charge on any atom is 0.323 e. The molecule has 1 fully saturated rings. The predicted octanol–water partition coefficient (Wildman–Crippen LogP) is 1.17. The Hall–Kier alpha value is -1.55. The lowest BCUT2D eigenvalue weighted by molar-refractivity contribution is 0.211. The van der Waals surface area contributed by atoms with E-state index in [-0.39, 0.29) is 17.7 Å². The van der Waals surface area contributed by atoms with Gasteiger partial charge in [-0.1, -0.05) is 6.07 Å². The molecule has 4 heteroatoms. The van der Waals surface area contributed by atoms with Crippen LogP contribution in [0.3, 0.4) is 0 Å². The number of hydrogen-bond donors (Lipinski definition) is 3. The van der Waals surface area contributed by atoms with Gasteiger partial charge in [0, 0.05) is 6.61 Å². The van der Waals surface area contributed by atoms with Crippen LogP contribution in [0.1, 0.15) is 18.4 Å². The molecule has 0 atom stereocenters. The van der Waals surface area contributed by atoms with Crippen molar-refractivity contribution in [2.24, 2.45) is 5.41 Å². The monoisotopic (exact) mass is 218 g/mol. The lowest BCUT2D eigenvalue weighted by Gasteiger charge is -2.10. The van der Waals surface area contributed by atoms with Crippen molar-refractivity contribution >= 4 is 11.0 Å². The summed E-state index contributed by atoms with van der Waals surface area (Å²) in [7, 11) is 0. The molecule has 0 bridgehead atoms. The minimum absolute atomic E-state index is 0.115. The molecule has 3 rings (SSSR count). The topological polar surface area (TPSA) is 68.9 Å². The molecule has 0 spiro atoms. The van der Waals surface area contributed by atoms with Crippen LogP contribution in [-0.4, -0.2) is 21.7 Å². The van der Waals surface area contributed by atoms with Crippen LogP contribution in [0.2, 0.25) is 0 Å². The number of benzene rings is 1. The zero-order chi connectivity index (χ0) is 11.2. The van der Waals surface area contributed by atoms with Crippen molar-refractivity contribution in [3.63, 3.8) is 0 Å². The van der Waals surface area contributed by atoms with Gasteiger partial charge in [0.05, 0.1) is 11.0 Å². The molecule has 1 aliphatic rings. The largest absolute Gasteiger partial charge is 0.396 e. The van der Waals surface area contributed by atoms with Gasteiger partial charge in [0.2, 0.25) is 0 Å². The van der Waals surface area contributed by atoms with Crippen LogP contribution in [0.5, 0.6) is 0 Å². The van der Waals surface area contributed by atoms with Crippen molar-refractivity contribution in [1.29, 1.82) is 0 Å². The van der Waals surface area contributed by atoms with E-state index in [1.165, 1.54) is 5.56 Å². The molecule has 1 aromatic carbocycles. The summed E-state index contributed by atoms with van der Waals surface area (Å²) in [5.74, 6) is 0. The second kappa shape index (κ2) is 3.22. The number of aromatic nitrogens is 2. The molecule has 1 saturated carbocycles. The smallest absolute Gasteiger partial charge is 0.323 e. The summed E-state index contributed by atoms with van der Waals surface area (Å²) < 4.78 is 0. The number of nitrogens with one attached hydrogen (secondary N) is 2. The van der Waals surface area contributed by atoms with E-state index < -0.39 is 0 Å². The predicted molar refractivity (Wildman–Crippen MR) is 61.4 cm³/mol. The van der Waals surface area contributed by atoms with Gasteiger partial charge < -0.3 is 15.1 Å². The van der Waals surface area contributed by atoms with E-state index >= 15 is 0 Å². The maximum atomic E-state index is 11.1. The van der Waals surface area contributed by atoms with Crippen LogP contribution in [0.25, 0.3) is 11.0 Å². The number of aromatic amines is 2. The minimum atomic E-state index is -0.171. The zero-order valence-electron chi connectivity index (χ0n) is 8.92. The molecule has 1 aromatic heterocycles. The quantitative estimate of drug-likeness (QED) is 0.723. The van der Waals surface area contributed by atoms with Gasteiger partial charge in [-0.25, -0.2) is 4.79 Å². The summed E-state index contributed by atoms with van der Waals surface area (Å²) in [4.78, 5) is 16.6. The molecule has 1 aliphatic carbocycles. The lowest BCUT2D eigenvalue weighted by Crippen LogP contribution is -2.09. The summed E-state index contributed by atoms with van der Waals surface area (Å²) in [6.45, 7) is 0.259. The fourth-order valence-corrected chi connectivity index (χ4v) is 2.19. The molecule has 16 heavy (non-hydrogen) atoms. The van der Waals surface area contributed by atoms with Crippen molar-refractivity contribution in [1.82, 2.24) is 9.97 Å². The van der Waals surface area contributed by atoms with E-state index in [2.05, 4.69) is 9.97 Å². The van der Waals surface area contributed by atoms with E-state index in [0.29, 0.717) is 0 Å². The van der Waals surface area contributed by atoms with Crippen LogP contribution in [0.4, 0.5) is 0 Å². The summed E-state index contributed by atoms with van der Waals surface area (Å²) in [6.07, 6.45) is 3.10. The van der Waals surface area contributed by atoms with Crippen LogP contribution in [0.15, 0.2) is 23.0 Å². The Labute approximate surface area is 92.3 Å². The van der Waals surface area contributed by atoms with Gasteiger partial charge >= 0.3 is 5.69 Å². The number of rotatable bonds is 3. The Morgan fingerprint density at radius 1 is 1.25 bits per heavy atom. The molecule has 84 valence electrons. The summed E-state index contributed by atoms with van der Waals surface area (Å²) in [6, 6.07) is 5.92. The fourth-order valence-electron chi connectivity index (χ4n) is 2.19. The van der Waals surface area contributed by atoms with Crippen molar-refractivity contribution in [2.45, 2.75) is 19.3 Å². The molecular weight excluding hydrogens is 204 g/mol. The first-order valence-electron chi connectivity index (χ1n) is 5.53. The molecule has 1 heterocycles. The van der Waals surface area contributed by atoms with Gasteiger partial charge in [-0.05, 0) is 42.4 Å². The number of H-pyrrole nitrogens is 2. The van der Waals surface area contributed by atoms with Gasteiger partial charge in [0.15, 0.2) is 0 Å². The van der Waals surface area contributed by atoms with E-state index in [0.717, 1.165) is 30.3 Å². The van der Waals surface area contributed by atoms with Crippen molar-refractivity contribution in [3.8, 4) is 0 Å². The van der Waals surface area contributed by atoms with Gasteiger partial charge in [0.1, 0.15) is 0 Å². The van der Waals surface area contributed by atoms with Gasteiger partial charge in [-0.15, -0.1) is 0 Å². The van der Waals surface area contributed by atoms with Crippen LogP contribution in [-0.2, 0) is 6.42 Å². The third-order valence-electron chi connectivity index (χ3n) is 3.45. The Morgan fingerprint density at radius 2 is 2.00 bits per heavy atom. The zero-order valence-corrected chi connectivity index (χ0v) is 8.92. The average Bonchev–Trinajstić information content (AvgIpc) is 2.93. The van der Waals surface area contributed by atoms with Gasteiger partial charge in [-0.3, -0.25) is 0 Å². The highest BCUT2D eigenvalue weighted by atomic mass is 16.3. The average molecular weight is 218 g/mol. The molecule has 3 N–H and O–H groups in total. The normalized spacial score (nSPS) is 17.8. The number of imidazole rings is 1. The standard InChI is InChI=1S/C12H14N2O2/c15-7-12(3-4-12)6-8-1-2-9-10(5-8)14-11(16)13-9/h1-2,5,15H,3-4,6-7H2,(H2,13,14,16). The first kappa shape index (κ1) is 9.66. The van der Waals surface area contributed by atoms with Crippen LogP contribution >= 0.6 is 0 Å². The Bertz CT molecular complexity index is 578. The van der Waals surface area contributed by atoms with Gasteiger partial charge in [-0.2, -0.15) is 0 Å².